The van der Waals surface area contributed by atoms with E-state index >= 15 is 0 Å². The van der Waals surface area contributed by atoms with Crippen molar-refractivity contribution in [3.05, 3.63) is 114 Å². The number of ether oxygens (including phenoxy) is 2. The number of benzene rings is 2. The third kappa shape index (κ3) is 12.5. The molecule has 0 saturated heterocycles. The van der Waals surface area contributed by atoms with Crippen molar-refractivity contribution < 1.29 is 24.2 Å². The summed E-state index contributed by atoms with van der Waals surface area (Å²) in [5.41, 5.74) is 20.1. The van der Waals surface area contributed by atoms with Gasteiger partial charge in [0.25, 0.3) is 0 Å². The van der Waals surface area contributed by atoms with Crippen LogP contribution in [0, 0.1) is 0 Å². The van der Waals surface area contributed by atoms with E-state index in [2.05, 4.69) is 47.1 Å². The van der Waals surface area contributed by atoms with Gasteiger partial charge in [0.15, 0.2) is 0 Å². The highest BCUT2D eigenvalue weighted by molar-refractivity contribution is 9.10. The lowest BCUT2D eigenvalue weighted by atomic mass is 10.1. The number of pyridine rings is 2. The van der Waals surface area contributed by atoms with Crippen LogP contribution in [0.1, 0.15) is 22.3 Å². The number of rotatable bonds is 7. The van der Waals surface area contributed by atoms with Crippen LogP contribution in [0.3, 0.4) is 0 Å². The quantitative estimate of drug-likeness (QED) is 0.124. The monoisotopic (exact) mass is 868 g/mol. The number of amides is 1. The van der Waals surface area contributed by atoms with Gasteiger partial charge in [-0.15, -0.1) is 12.4 Å². The summed E-state index contributed by atoms with van der Waals surface area (Å²) in [5, 5.41) is 12.3. The topological polar surface area (TPSA) is 189 Å². The second-order valence-electron chi connectivity index (χ2n) is 10.7. The third-order valence-corrected chi connectivity index (χ3v) is 8.34. The molecule has 0 spiro atoms. The molecule has 4 heterocycles. The van der Waals surface area contributed by atoms with Gasteiger partial charge in [0.2, 0.25) is 5.91 Å². The van der Waals surface area contributed by atoms with E-state index in [-0.39, 0.29) is 30.5 Å². The normalized spacial score (nSPS) is 15.3. The standard InChI is InChI=1S/C17H15BrClN3O2.C9H9BrClNO.C8H8N2O2.ClH/c18-12-5-11-6-13(24-17(11)14(19)7-12)9-22-16(23)4-2-10-1-3-15(20)21-8-10;10-6-1-5-2-7(4-12)13-9(5)8(11)3-6;9-7-3-1-6(5-10-7)2-4-8(11)12;/h1-5,7-8,13H,6,9H2,(H2,20,21)(H,22,23);1,3,7H,2,4,12H2;1-5H,(H2,9,10)(H,11,12);1H/b4-2+;;4-2+;. The molecule has 2 aliphatic heterocycles. The molecule has 2 atom stereocenters. The molecule has 6 rings (SSSR count). The number of aliphatic carboxylic acids is 1. The summed E-state index contributed by atoms with van der Waals surface area (Å²) in [6.07, 6.45) is 10.3. The highest BCUT2D eigenvalue weighted by atomic mass is 79.9. The molecule has 0 radical (unpaired) electrons. The Bertz CT molecular complexity index is 1850. The van der Waals surface area contributed by atoms with Crippen molar-refractivity contribution in [2.45, 2.75) is 25.0 Å². The molecule has 1 amide bonds. The molecule has 2 aliphatic rings. The minimum atomic E-state index is -0.980. The van der Waals surface area contributed by atoms with Crippen molar-refractivity contribution in [1.29, 1.82) is 0 Å². The molecule has 11 nitrogen and oxygen atoms in total. The van der Waals surface area contributed by atoms with Crippen LogP contribution in [0.5, 0.6) is 11.5 Å². The summed E-state index contributed by atoms with van der Waals surface area (Å²) in [6, 6.07) is 14.4. The molecule has 8 N–H and O–H groups in total. The lowest BCUT2D eigenvalue weighted by molar-refractivity contribution is -0.131. The Morgan fingerprint density at radius 3 is 1.78 bits per heavy atom. The predicted octanol–water partition coefficient (Wildman–Crippen LogP) is 6.76. The molecular weight excluding hydrogens is 839 g/mol. The first-order valence-electron chi connectivity index (χ1n) is 14.7. The number of anilines is 2. The molecule has 0 aliphatic carbocycles. The number of nitrogen functional groups attached to an aromatic ring is 2. The van der Waals surface area contributed by atoms with Gasteiger partial charge in [-0.3, -0.25) is 4.79 Å². The molecule has 2 aromatic heterocycles. The average molecular weight is 872 g/mol. The Morgan fingerprint density at radius 1 is 0.840 bits per heavy atom. The Kier molecular flexibility index (Phi) is 15.8. The SMILES string of the molecule is Cl.NCC1Cc2cc(Br)cc(Cl)c2O1.Nc1ccc(/C=C/C(=O)NCC2Cc3cc(Br)cc(Cl)c3O2)cn1.Nc1ccc(/C=C/C(=O)O)cn1. The average Bonchev–Trinajstić information content (AvgIpc) is 3.68. The summed E-state index contributed by atoms with van der Waals surface area (Å²) in [4.78, 5) is 29.8. The summed E-state index contributed by atoms with van der Waals surface area (Å²) in [5.74, 6) is 1.18. The van der Waals surface area contributed by atoms with Gasteiger partial charge in [0, 0.05) is 64.0 Å². The molecule has 0 saturated carbocycles. The Balaban J connectivity index is 0.000000220. The number of nitrogens with one attached hydrogen (secondary N) is 1. The molecule has 16 heteroatoms. The smallest absolute Gasteiger partial charge is 0.328 e. The van der Waals surface area contributed by atoms with Crippen LogP contribution in [0.4, 0.5) is 11.6 Å². The maximum atomic E-state index is 11.9. The number of halogens is 5. The van der Waals surface area contributed by atoms with E-state index in [0.29, 0.717) is 52.5 Å². The number of carbonyl (C=O) groups excluding carboxylic acids is 1. The first kappa shape index (κ1) is 40.6. The first-order chi connectivity index (χ1) is 23.4. The van der Waals surface area contributed by atoms with Crippen molar-refractivity contribution in [2.24, 2.45) is 5.73 Å². The fourth-order valence-electron chi connectivity index (χ4n) is 4.59. The fourth-order valence-corrected chi connectivity index (χ4v) is 6.43. The number of fused-ring (bicyclic) bond motifs is 2. The van der Waals surface area contributed by atoms with Crippen LogP contribution < -0.4 is 32.0 Å². The molecule has 4 aromatic rings. The largest absolute Gasteiger partial charge is 0.487 e. The number of hydrogen-bond acceptors (Lipinski definition) is 9. The summed E-state index contributed by atoms with van der Waals surface area (Å²) >= 11 is 19.0. The molecule has 0 bridgehead atoms. The van der Waals surface area contributed by atoms with Gasteiger partial charge in [-0.1, -0.05) is 55.1 Å². The van der Waals surface area contributed by atoms with Crippen molar-refractivity contribution in [2.75, 3.05) is 24.6 Å². The van der Waals surface area contributed by atoms with Gasteiger partial charge in [-0.05, 0) is 71.8 Å². The van der Waals surface area contributed by atoms with E-state index < -0.39 is 5.97 Å². The second-order valence-corrected chi connectivity index (χ2v) is 13.3. The maximum Gasteiger partial charge on any atom is 0.328 e. The van der Waals surface area contributed by atoms with Crippen molar-refractivity contribution in [1.82, 2.24) is 15.3 Å². The predicted molar refractivity (Wildman–Crippen MR) is 207 cm³/mol. The Morgan fingerprint density at radius 2 is 1.32 bits per heavy atom. The first-order valence-corrected chi connectivity index (χ1v) is 17.0. The van der Waals surface area contributed by atoms with Crippen LogP contribution in [0.2, 0.25) is 10.0 Å². The van der Waals surface area contributed by atoms with Crippen LogP contribution in [0.15, 0.2) is 82.0 Å². The van der Waals surface area contributed by atoms with E-state index in [0.717, 1.165) is 43.9 Å². The third-order valence-electron chi connectivity index (χ3n) is 6.87. The number of hydrogen-bond donors (Lipinski definition) is 5. The van der Waals surface area contributed by atoms with Crippen molar-refractivity contribution in [3.63, 3.8) is 0 Å². The van der Waals surface area contributed by atoms with Crippen LogP contribution in [-0.4, -0.2) is 52.2 Å². The Hall–Kier alpha value is -3.85. The zero-order valence-corrected chi connectivity index (χ0v) is 31.7. The fraction of sp³-hybridized carbons (Fsp3) is 0.176. The van der Waals surface area contributed by atoms with Crippen LogP contribution in [-0.2, 0) is 22.4 Å². The van der Waals surface area contributed by atoms with Crippen LogP contribution in [0.25, 0.3) is 12.2 Å². The minimum absolute atomic E-state index is 0. The number of carboxylic acids is 1. The molecule has 264 valence electrons. The van der Waals surface area contributed by atoms with E-state index in [1.165, 1.54) is 18.3 Å². The minimum Gasteiger partial charge on any atom is -0.487 e. The second kappa shape index (κ2) is 19.5. The molecule has 50 heavy (non-hydrogen) atoms. The van der Waals surface area contributed by atoms with Crippen molar-refractivity contribution in [3.8, 4) is 11.5 Å². The van der Waals surface area contributed by atoms with Gasteiger partial charge in [0.05, 0.1) is 16.6 Å². The van der Waals surface area contributed by atoms with E-state index in [1.54, 1.807) is 42.6 Å². The maximum absolute atomic E-state index is 11.9. The zero-order chi connectivity index (χ0) is 35.5. The van der Waals surface area contributed by atoms with E-state index in [9.17, 15) is 9.59 Å². The number of nitrogens with two attached hydrogens (primary N) is 3. The molecule has 2 unspecified atom stereocenters. The molecule has 0 fully saturated rings. The Labute approximate surface area is 321 Å². The molecule has 2 aromatic carbocycles. The lowest BCUT2D eigenvalue weighted by Crippen LogP contribution is -2.33. The summed E-state index contributed by atoms with van der Waals surface area (Å²) < 4.78 is 13.3. The van der Waals surface area contributed by atoms with Gasteiger partial charge < -0.3 is 37.1 Å². The molecular formula is C34H33Br2Cl3N6O5. The number of carboxylic acid groups (broad SMARTS) is 1. The van der Waals surface area contributed by atoms with Gasteiger partial charge in [0.1, 0.15) is 35.3 Å². The van der Waals surface area contributed by atoms with E-state index in [4.69, 9.17) is 55.0 Å². The van der Waals surface area contributed by atoms with Crippen LogP contribution >= 0.6 is 67.5 Å². The van der Waals surface area contributed by atoms with Gasteiger partial charge >= 0.3 is 5.97 Å². The highest BCUT2D eigenvalue weighted by Gasteiger charge is 2.26. The number of aromatic nitrogens is 2. The van der Waals surface area contributed by atoms with E-state index in [1.807, 2.05) is 18.2 Å². The summed E-state index contributed by atoms with van der Waals surface area (Å²) in [6.45, 7) is 0.939. The highest BCUT2D eigenvalue weighted by Crippen LogP contribution is 2.39. The van der Waals surface area contributed by atoms with Gasteiger partial charge in [-0.25, -0.2) is 14.8 Å². The van der Waals surface area contributed by atoms with Gasteiger partial charge in [-0.2, -0.15) is 0 Å². The zero-order valence-electron chi connectivity index (χ0n) is 26.2. The number of nitrogens with zero attached hydrogens (tertiary/aromatic N) is 2. The number of carbonyl (C=O) groups is 2. The van der Waals surface area contributed by atoms with Crippen molar-refractivity contribution >= 4 is 103 Å². The summed E-state index contributed by atoms with van der Waals surface area (Å²) in [7, 11) is 0. The lowest BCUT2D eigenvalue weighted by Gasteiger charge is -2.11.